The van der Waals surface area contributed by atoms with Crippen molar-refractivity contribution >= 4 is 5.91 Å². The summed E-state index contributed by atoms with van der Waals surface area (Å²) >= 11 is 0. The van der Waals surface area contributed by atoms with Crippen molar-refractivity contribution in [1.82, 2.24) is 10.2 Å². The minimum absolute atomic E-state index is 0.228. The number of likely N-dealkylation sites (tertiary alicyclic amines) is 1. The first-order valence-electron chi connectivity index (χ1n) is 9.70. The molecule has 1 aliphatic heterocycles. The van der Waals surface area contributed by atoms with Crippen LogP contribution in [0.3, 0.4) is 0 Å². The second kappa shape index (κ2) is 9.63. The molecule has 134 valence electrons. The van der Waals surface area contributed by atoms with Crippen LogP contribution in [0.15, 0.2) is 0 Å². The standard InChI is InChI=1S/C19H36N2O2/c1-15(2)10-19(23)21-13-17(8-9-22)11-18(14-21)20-12-16-6-4-3-5-7-16/h15-18,20,22H,3-14H2,1-2H3. The molecule has 0 bridgehead atoms. The fourth-order valence-electron chi connectivity index (χ4n) is 4.15. The van der Waals surface area contributed by atoms with Crippen LogP contribution in [0.2, 0.25) is 0 Å². The lowest BCUT2D eigenvalue weighted by atomic mass is 9.87. The molecule has 0 aromatic rings. The molecule has 4 nitrogen and oxygen atoms in total. The number of piperidine rings is 1. The average Bonchev–Trinajstić information content (AvgIpc) is 2.53. The van der Waals surface area contributed by atoms with E-state index in [0.717, 1.165) is 38.4 Å². The average molecular weight is 325 g/mol. The zero-order valence-corrected chi connectivity index (χ0v) is 15.1. The monoisotopic (exact) mass is 324 g/mol. The molecule has 1 saturated carbocycles. The quantitative estimate of drug-likeness (QED) is 0.757. The number of nitrogens with zero attached hydrogens (tertiary/aromatic N) is 1. The highest BCUT2D eigenvalue weighted by Gasteiger charge is 2.30. The normalized spacial score (nSPS) is 26.7. The first-order chi connectivity index (χ1) is 11.1. The SMILES string of the molecule is CC(C)CC(=O)N1CC(CCO)CC(NCC2CCCCC2)C1. The molecule has 2 atom stereocenters. The Kier molecular flexibility index (Phi) is 7.84. The molecular weight excluding hydrogens is 288 g/mol. The highest BCUT2D eigenvalue weighted by atomic mass is 16.3. The summed E-state index contributed by atoms with van der Waals surface area (Å²) < 4.78 is 0. The number of carbonyl (C=O) groups excluding carboxylic acids is 1. The third kappa shape index (κ3) is 6.42. The number of rotatable bonds is 7. The van der Waals surface area contributed by atoms with Gasteiger partial charge in [0.25, 0.3) is 0 Å². The van der Waals surface area contributed by atoms with Gasteiger partial charge in [0.1, 0.15) is 0 Å². The van der Waals surface area contributed by atoms with Crippen LogP contribution in [-0.2, 0) is 4.79 Å². The Labute approximate surface area is 142 Å². The Bertz CT molecular complexity index is 353. The van der Waals surface area contributed by atoms with Crippen LogP contribution >= 0.6 is 0 Å². The minimum atomic E-state index is 0.228. The molecule has 0 aromatic heterocycles. The number of hydrogen-bond donors (Lipinski definition) is 2. The van der Waals surface area contributed by atoms with Gasteiger partial charge in [-0.2, -0.15) is 0 Å². The number of aliphatic hydroxyl groups excluding tert-OH is 1. The van der Waals surface area contributed by atoms with Gasteiger partial charge in [-0.05, 0) is 50.0 Å². The van der Waals surface area contributed by atoms with Gasteiger partial charge in [0.05, 0.1) is 0 Å². The van der Waals surface area contributed by atoms with E-state index in [2.05, 4.69) is 19.2 Å². The van der Waals surface area contributed by atoms with Gasteiger partial charge < -0.3 is 15.3 Å². The molecule has 2 rings (SSSR count). The Hall–Kier alpha value is -0.610. The minimum Gasteiger partial charge on any atom is -0.396 e. The van der Waals surface area contributed by atoms with Crippen LogP contribution in [0.1, 0.15) is 65.2 Å². The molecule has 1 saturated heterocycles. The van der Waals surface area contributed by atoms with Crippen molar-refractivity contribution < 1.29 is 9.90 Å². The molecule has 2 N–H and O–H groups in total. The lowest BCUT2D eigenvalue weighted by Gasteiger charge is -2.39. The predicted octanol–water partition coefficient (Wildman–Crippen LogP) is 2.80. The zero-order valence-electron chi connectivity index (χ0n) is 15.1. The van der Waals surface area contributed by atoms with E-state index in [1.165, 1.54) is 32.1 Å². The Balaban J connectivity index is 1.85. The highest BCUT2D eigenvalue weighted by molar-refractivity contribution is 5.76. The van der Waals surface area contributed by atoms with Crippen molar-refractivity contribution in [2.24, 2.45) is 17.8 Å². The molecule has 0 aromatic carbocycles. The molecule has 2 unspecified atom stereocenters. The summed E-state index contributed by atoms with van der Waals surface area (Å²) in [6.07, 6.45) is 9.42. The maximum atomic E-state index is 12.4. The van der Waals surface area contributed by atoms with E-state index in [1.54, 1.807) is 0 Å². The fourth-order valence-corrected chi connectivity index (χ4v) is 4.15. The van der Waals surface area contributed by atoms with Crippen LogP contribution < -0.4 is 5.32 Å². The maximum absolute atomic E-state index is 12.4. The third-order valence-corrected chi connectivity index (χ3v) is 5.43. The van der Waals surface area contributed by atoms with Gasteiger partial charge in [0.15, 0.2) is 0 Å². The van der Waals surface area contributed by atoms with E-state index < -0.39 is 0 Å². The number of nitrogens with one attached hydrogen (secondary N) is 1. The van der Waals surface area contributed by atoms with Crippen LogP contribution in [0.5, 0.6) is 0 Å². The molecule has 0 spiro atoms. The number of hydrogen-bond acceptors (Lipinski definition) is 3. The smallest absolute Gasteiger partial charge is 0.222 e. The van der Waals surface area contributed by atoms with Gasteiger partial charge in [-0.15, -0.1) is 0 Å². The van der Waals surface area contributed by atoms with E-state index >= 15 is 0 Å². The molecule has 0 radical (unpaired) electrons. The second-order valence-electron chi connectivity index (χ2n) is 8.12. The summed E-state index contributed by atoms with van der Waals surface area (Å²) in [7, 11) is 0. The highest BCUT2D eigenvalue weighted by Crippen LogP contribution is 2.25. The Morgan fingerprint density at radius 1 is 1.17 bits per heavy atom. The topological polar surface area (TPSA) is 52.6 Å². The summed E-state index contributed by atoms with van der Waals surface area (Å²) in [5.74, 6) is 1.96. The van der Waals surface area contributed by atoms with Crippen LogP contribution in [0.25, 0.3) is 0 Å². The maximum Gasteiger partial charge on any atom is 0.222 e. The number of amides is 1. The Morgan fingerprint density at radius 2 is 1.91 bits per heavy atom. The summed E-state index contributed by atoms with van der Waals surface area (Å²) in [4.78, 5) is 14.5. The van der Waals surface area contributed by atoms with Crippen LogP contribution in [-0.4, -0.2) is 48.2 Å². The molecule has 1 heterocycles. The van der Waals surface area contributed by atoms with Crippen molar-refractivity contribution in [3.8, 4) is 0 Å². The fraction of sp³-hybridized carbons (Fsp3) is 0.947. The lowest BCUT2D eigenvalue weighted by molar-refractivity contribution is -0.134. The van der Waals surface area contributed by atoms with Crippen molar-refractivity contribution in [2.45, 2.75) is 71.3 Å². The first-order valence-corrected chi connectivity index (χ1v) is 9.70. The van der Waals surface area contributed by atoms with Crippen LogP contribution in [0, 0.1) is 17.8 Å². The number of carbonyl (C=O) groups is 1. The molecular formula is C19H36N2O2. The van der Waals surface area contributed by atoms with Gasteiger partial charge >= 0.3 is 0 Å². The first kappa shape index (κ1) is 18.7. The van der Waals surface area contributed by atoms with Crippen molar-refractivity contribution in [1.29, 1.82) is 0 Å². The zero-order chi connectivity index (χ0) is 16.7. The molecule has 23 heavy (non-hydrogen) atoms. The second-order valence-corrected chi connectivity index (χ2v) is 8.12. The van der Waals surface area contributed by atoms with Gasteiger partial charge in [0.2, 0.25) is 5.91 Å². The number of aliphatic hydroxyl groups is 1. The van der Waals surface area contributed by atoms with Gasteiger partial charge in [0, 0.05) is 32.2 Å². The Morgan fingerprint density at radius 3 is 2.57 bits per heavy atom. The molecule has 2 aliphatic rings. The third-order valence-electron chi connectivity index (χ3n) is 5.43. The summed E-state index contributed by atoms with van der Waals surface area (Å²) in [5, 5.41) is 13.0. The predicted molar refractivity (Wildman–Crippen MR) is 94.2 cm³/mol. The van der Waals surface area contributed by atoms with E-state index in [1.807, 2.05) is 4.90 Å². The van der Waals surface area contributed by atoms with E-state index in [-0.39, 0.29) is 12.5 Å². The van der Waals surface area contributed by atoms with E-state index in [0.29, 0.717) is 24.3 Å². The van der Waals surface area contributed by atoms with E-state index in [9.17, 15) is 9.90 Å². The molecule has 1 aliphatic carbocycles. The van der Waals surface area contributed by atoms with Gasteiger partial charge in [-0.1, -0.05) is 33.1 Å². The van der Waals surface area contributed by atoms with Gasteiger partial charge in [-0.25, -0.2) is 0 Å². The van der Waals surface area contributed by atoms with Crippen molar-refractivity contribution in [3.05, 3.63) is 0 Å². The molecule has 1 amide bonds. The van der Waals surface area contributed by atoms with E-state index in [4.69, 9.17) is 0 Å². The molecule has 2 fully saturated rings. The van der Waals surface area contributed by atoms with Crippen molar-refractivity contribution in [2.75, 3.05) is 26.2 Å². The molecule has 4 heteroatoms. The lowest BCUT2D eigenvalue weighted by Crippen LogP contribution is -2.52. The van der Waals surface area contributed by atoms with Crippen molar-refractivity contribution in [3.63, 3.8) is 0 Å². The summed E-state index contributed by atoms with van der Waals surface area (Å²) in [5.41, 5.74) is 0. The summed E-state index contributed by atoms with van der Waals surface area (Å²) in [6, 6.07) is 0.401. The summed E-state index contributed by atoms with van der Waals surface area (Å²) in [6.45, 7) is 7.21. The van der Waals surface area contributed by atoms with Gasteiger partial charge in [-0.3, -0.25) is 4.79 Å². The largest absolute Gasteiger partial charge is 0.396 e. The van der Waals surface area contributed by atoms with Crippen LogP contribution in [0.4, 0.5) is 0 Å².